The van der Waals surface area contributed by atoms with Crippen LogP contribution in [0.1, 0.15) is 63.3 Å². The van der Waals surface area contributed by atoms with Crippen molar-refractivity contribution in [3.05, 3.63) is 41.1 Å². The van der Waals surface area contributed by atoms with Crippen molar-refractivity contribution in [1.29, 1.82) is 0 Å². The number of aromatic nitrogens is 2. The maximum Gasteiger partial charge on any atom is 0.417 e. The van der Waals surface area contributed by atoms with E-state index in [0.717, 1.165) is 61.6 Å². The smallest absolute Gasteiger partial charge is 0.309 e. The van der Waals surface area contributed by atoms with Gasteiger partial charge in [0.1, 0.15) is 5.82 Å². The Balaban J connectivity index is 1.75. The van der Waals surface area contributed by atoms with E-state index in [1.807, 2.05) is 0 Å². The van der Waals surface area contributed by atoms with Crippen LogP contribution in [0.25, 0.3) is 11.4 Å². The molecule has 0 amide bonds. The minimum absolute atomic E-state index is 0.0137. The lowest BCUT2D eigenvalue weighted by Gasteiger charge is -2.20. The number of nitrogens with zero attached hydrogens (tertiary/aromatic N) is 4. The van der Waals surface area contributed by atoms with Gasteiger partial charge in [0.25, 0.3) is 0 Å². The van der Waals surface area contributed by atoms with Crippen LogP contribution in [0.4, 0.5) is 19.0 Å². The molecular weight excluding hydrogens is 415 g/mol. The number of aryl methyl sites for hydroxylation is 1. The maximum absolute atomic E-state index is 13.6. The van der Waals surface area contributed by atoms with Gasteiger partial charge in [0.2, 0.25) is 5.96 Å². The molecule has 2 aromatic rings. The van der Waals surface area contributed by atoms with E-state index in [0.29, 0.717) is 17.7 Å². The first kappa shape index (κ1) is 22.4. The molecule has 8 heteroatoms. The molecule has 5 nitrogen and oxygen atoms in total. The number of aliphatic imine (C=N–C) groups is 2. The van der Waals surface area contributed by atoms with Crippen LogP contribution in [-0.4, -0.2) is 27.7 Å². The summed E-state index contributed by atoms with van der Waals surface area (Å²) in [6.45, 7) is 6.36. The average molecular weight is 444 g/mol. The van der Waals surface area contributed by atoms with Crippen LogP contribution in [-0.2, 0) is 19.0 Å². The zero-order chi connectivity index (χ0) is 22.9. The third-order valence-corrected chi connectivity index (χ3v) is 5.80. The van der Waals surface area contributed by atoms with E-state index in [2.05, 4.69) is 36.1 Å². The molecule has 32 heavy (non-hydrogen) atoms. The molecule has 1 aromatic carbocycles. The predicted molar refractivity (Wildman–Crippen MR) is 121 cm³/mol. The van der Waals surface area contributed by atoms with Crippen LogP contribution in [0.3, 0.4) is 0 Å². The first-order valence-corrected chi connectivity index (χ1v) is 11.2. The van der Waals surface area contributed by atoms with Gasteiger partial charge in [-0.3, -0.25) is 0 Å². The summed E-state index contributed by atoms with van der Waals surface area (Å²) in [5.41, 5.74) is 2.05. The molecule has 1 aliphatic carbocycles. The zero-order valence-corrected chi connectivity index (χ0v) is 18.6. The van der Waals surface area contributed by atoms with Crippen molar-refractivity contribution in [3.63, 3.8) is 0 Å². The largest absolute Gasteiger partial charge is 0.417 e. The van der Waals surface area contributed by atoms with Gasteiger partial charge < -0.3 is 5.32 Å². The molecule has 1 N–H and O–H groups in total. The van der Waals surface area contributed by atoms with Crippen molar-refractivity contribution < 1.29 is 13.2 Å². The zero-order valence-electron chi connectivity index (χ0n) is 18.6. The quantitative estimate of drug-likeness (QED) is 0.608. The van der Waals surface area contributed by atoms with Crippen LogP contribution in [0, 0.1) is 5.92 Å². The standard InChI is InChI=1S/C24H28F3N5/c1-4-18-20(13-14(2)3)30-23(29-18)32-22-16-10-6-8-12-19(16)28-21(31-22)15-9-5-7-11-17(15)24(25,26)27/h5,7,9,11,14,18H,4,6,8,10,12-13H2,1-3H3,(H,28,29,31,32). The van der Waals surface area contributed by atoms with Crippen LogP contribution in [0.5, 0.6) is 0 Å². The van der Waals surface area contributed by atoms with Crippen molar-refractivity contribution in [1.82, 2.24) is 9.97 Å². The van der Waals surface area contributed by atoms with Gasteiger partial charge in [0, 0.05) is 22.5 Å². The fourth-order valence-corrected chi connectivity index (χ4v) is 4.30. The Kier molecular flexibility index (Phi) is 6.31. The lowest BCUT2D eigenvalue weighted by Crippen LogP contribution is -2.17. The SMILES string of the molecule is CCC1N=C(Nc2nc(-c3ccccc3C(F)(F)F)nc3c2CCCC3)N=C1CC(C)C. The maximum atomic E-state index is 13.6. The van der Waals surface area contributed by atoms with Crippen molar-refractivity contribution in [2.24, 2.45) is 15.9 Å². The number of alkyl halides is 3. The first-order chi connectivity index (χ1) is 15.3. The minimum atomic E-state index is -4.48. The van der Waals surface area contributed by atoms with E-state index in [1.165, 1.54) is 12.1 Å². The number of hydrogen-bond acceptors (Lipinski definition) is 5. The molecule has 0 saturated heterocycles. The normalized spacial score (nSPS) is 18.4. The fourth-order valence-electron chi connectivity index (χ4n) is 4.30. The molecule has 4 rings (SSSR count). The Morgan fingerprint density at radius 1 is 1.09 bits per heavy atom. The van der Waals surface area contributed by atoms with E-state index < -0.39 is 11.7 Å². The minimum Gasteiger partial charge on any atom is -0.309 e. The van der Waals surface area contributed by atoms with Crippen LogP contribution in [0.2, 0.25) is 0 Å². The van der Waals surface area contributed by atoms with Gasteiger partial charge in [-0.2, -0.15) is 13.2 Å². The van der Waals surface area contributed by atoms with Crippen LogP contribution < -0.4 is 5.32 Å². The molecule has 1 atom stereocenters. The first-order valence-electron chi connectivity index (χ1n) is 11.2. The molecule has 170 valence electrons. The Labute approximate surface area is 186 Å². The molecular formula is C24H28F3N5. The number of rotatable bonds is 5. The molecule has 0 spiro atoms. The number of hydrogen-bond donors (Lipinski definition) is 1. The Bertz CT molecular complexity index is 1060. The summed E-state index contributed by atoms with van der Waals surface area (Å²) >= 11 is 0. The fraction of sp³-hybridized carbons (Fsp3) is 0.500. The van der Waals surface area contributed by atoms with E-state index in [9.17, 15) is 13.2 Å². The summed E-state index contributed by atoms with van der Waals surface area (Å²) in [7, 11) is 0. The topological polar surface area (TPSA) is 62.5 Å². The molecule has 0 saturated carbocycles. The molecule has 0 radical (unpaired) electrons. The monoisotopic (exact) mass is 443 g/mol. The van der Waals surface area contributed by atoms with Crippen LogP contribution in [0.15, 0.2) is 34.3 Å². The van der Waals surface area contributed by atoms with Crippen molar-refractivity contribution in [2.45, 2.75) is 71.5 Å². The molecule has 1 unspecified atom stereocenters. The predicted octanol–water partition coefficient (Wildman–Crippen LogP) is 6.09. The van der Waals surface area contributed by atoms with Gasteiger partial charge in [0.15, 0.2) is 5.82 Å². The highest BCUT2D eigenvalue weighted by Crippen LogP contribution is 2.37. The second-order valence-electron chi connectivity index (χ2n) is 8.77. The highest BCUT2D eigenvalue weighted by atomic mass is 19.4. The Morgan fingerprint density at radius 3 is 2.56 bits per heavy atom. The third-order valence-electron chi connectivity index (χ3n) is 5.80. The van der Waals surface area contributed by atoms with E-state index in [4.69, 9.17) is 9.98 Å². The summed E-state index contributed by atoms with van der Waals surface area (Å²) in [4.78, 5) is 18.5. The molecule has 2 heterocycles. The van der Waals surface area contributed by atoms with Gasteiger partial charge in [-0.15, -0.1) is 0 Å². The van der Waals surface area contributed by atoms with Gasteiger partial charge in [-0.1, -0.05) is 39.0 Å². The number of anilines is 1. The van der Waals surface area contributed by atoms with Gasteiger partial charge in [0.05, 0.1) is 11.6 Å². The summed E-state index contributed by atoms with van der Waals surface area (Å²) in [6, 6.07) is 5.49. The van der Waals surface area contributed by atoms with Gasteiger partial charge >= 0.3 is 6.18 Å². The number of benzene rings is 1. The summed E-state index contributed by atoms with van der Waals surface area (Å²) < 4.78 is 40.9. The molecule has 1 aromatic heterocycles. The van der Waals surface area contributed by atoms with E-state index >= 15 is 0 Å². The number of halogens is 3. The lowest BCUT2D eigenvalue weighted by atomic mass is 9.95. The lowest BCUT2D eigenvalue weighted by molar-refractivity contribution is -0.137. The molecule has 0 bridgehead atoms. The summed E-state index contributed by atoms with van der Waals surface area (Å²) in [5, 5.41) is 3.24. The average Bonchev–Trinajstić information content (AvgIpc) is 3.13. The van der Waals surface area contributed by atoms with E-state index in [-0.39, 0.29) is 17.4 Å². The number of guanidine groups is 1. The molecule has 1 aliphatic heterocycles. The number of fused-ring (bicyclic) bond motifs is 1. The van der Waals surface area contributed by atoms with Crippen molar-refractivity contribution in [3.8, 4) is 11.4 Å². The highest BCUT2D eigenvalue weighted by Gasteiger charge is 2.34. The summed E-state index contributed by atoms with van der Waals surface area (Å²) in [6.07, 6.45) is 0.686. The number of nitrogens with one attached hydrogen (secondary N) is 1. The van der Waals surface area contributed by atoms with Crippen molar-refractivity contribution >= 4 is 17.5 Å². The third kappa shape index (κ3) is 4.69. The van der Waals surface area contributed by atoms with Gasteiger partial charge in [-0.25, -0.2) is 20.0 Å². The second kappa shape index (κ2) is 9.00. The second-order valence-corrected chi connectivity index (χ2v) is 8.77. The molecule has 2 aliphatic rings. The highest BCUT2D eigenvalue weighted by molar-refractivity contribution is 6.10. The summed E-state index contributed by atoms with van der Waals surface area (Å²) in [5.74, 6) is 1.55. The van der Waals surface area contributed by atoms with Crippen LogP contribution >= 0.6 is 0 Å². The molecule has 0 fully saturated rings. The van der Waals surface area contributed by atoms with E-state index in [1.54, 1.807) is 6.07 Å². The van der Waals surface area contributed by atoms with Gasteiger partial charge in [-0.05, 0) is 50.5 Å². The Morgan fingerprint density at radius 2 is 1.84 bits per heavy atom. The van der Waals surface area contributed by atoms with Crippen molar-refractivity contribution in [2.75, 3.05) is 5.32 Å². The Hall–Kier alpha value is -2.77.